The van der Waals surface area contributed by atoms with Crippen LogP contribution in [0.3, 0.4) is 0 Å². The van der Waals surface area contributed by atoms with Crippen LogP contribution >= 0.6 is 0 Å². The molecule has 2 unspecified atom stereocenters. The van der Waals surface area contributed by atoms with Crippen LogP contribution in [0, 0.1) is 52.3 Å². The molecule has 1 N–H and O–H groups in total. The molecule has 0 radical (unpaired) electrons. The van der Waals surface area contributed by atoms with Crippen LogP contribution in [0.2, 0.25) is 0 Å². The molecule has 0 saturated heterocycles. The summed E-state index contributed by atoms with van der Waals surface area (Å²) in [4.78, 5) is 0. The monoisotopic (exact) mass is 414 g/mol. The van der Waals surface area contributed by atoms with Gasteiger partial charge in [-0.05, 0) is 110 Å². The number of aliphatic hydroxyl groups is 1. The Labute approximate surface area is 187 Å². The summed E-state index contributed by atoms with van der Waals surface area (Å²) < 4.78 is 0. The molecule has 0 spiro atoms. The number of fused-ring (bicyclic) bond motifs is 5. The molecule has 0 amide bonds. The quantitative estimate of drug-likeness (QED) is 0.436. The average Bonchev–Trinajstić information content (AvgIpc) is 3.06. The number of aliphatic hydroxyl groups excluding tert-OH is 1. The van der Waals surface area contributed by atoms with E-state index in [1.807, 2.05) is 5.57 Å². The minimum absolute atomic E-state index is 0.0384. The third-order valence-corrected chi connectivity index (χ3v) is 11.2. The fourth-order valence-corrected chi connectivity index (χ4v) is 9.16. The van der Waals surface area contributed by atoms with E-state index in [4.69, 9.17) is 0 Å². The maximum absolute atomic E-state index is 10.3. The van der Waals surface area contributed by atoms with Crippen LogP contribution in [0.1, 0.15) is 112 Å². The molecule has 0 aromatic rings. The topological polar surface area (TPSA) is 20.2 Å². The fourth-order valence-electron chi connectivity index (χ4n) is 9.16. The van der Waals surface area contributed by atoms with Crippen molar-refractivity contribution in [1.82, 2.24) is 0 Å². The Morgan fingerprint density at radius 2 is 1.80 bits per heavy atom. The van der Waals surface area contributed by atoms with E-state index in [9.17, 15) is 5.11 Å². The highest BCUT2D eigenvalue weighted by Crippen LogP contribution is 2.66. The Morgan fingerprint density at radius 3 is 2.50 bits per heavy atom. The summed E-state index contributed by atoms with van der Waals surface area (Å²) in [5, 5.41) is 10.3. The lowest BCUT2D eigenvalue weighted by molar-refractivity contribution is -0.0160. The highest BCUT2D eigenvalue weighted by molar-refractivity contribution is 5.29. The van der Waals surface area contributed by atoms with Gasteiger partial charge in [-0.3, -0.25) is 0 Å². The van der Waals surface area contributed by atoms with E-state index in [2.05, 4.69) is 47.6 Å². The number of hydrogen-bond donors (Lipinski definition) is 1. The molecule has 172 valence electrons. The van der Waals surface area contributed by atoms with Gasteiger partial charge in [-0.1, -0.05) is 66.0 Å². The van der Waals surface area contributed by atoms with Gasteiger partial charge >= 0.3 is 0 Å². The number of allylic oxidation sites excluding steroid dienone is 2. The molecule has 3 saturated carbocycles. The SMILES string of the molecule is CC[C@H](CC[C@@H](C)[C@H]1CC[C@H]2[C@@H]3CCC4CC(O)CC[C@]4(C)C3=CC[C@]12C)C(C)C. The molecule has 3 fully saturated rings. The third-order valence-electron chi connectivity index (χ3n) is 11.2. The molecule has 0 aliphatic heterocycles. The summed E-state index contributed by atoms with van der Waals surface area (Å²) in [5.74, 6) is 6.03. The molecule has 4 rings (SSSR count). The summed E-state index contributed by atoms with van der Waals surface area (Å²) in [5.41, 5.74) is 2.76. The third kappa shape index (κ3) is 3.74. The zero-order valence-corrected chi connectivity index (χ0v) is 20.9. The highest BCUT2D eigenvalue weighted by atomic mass is 16.3. The van der Waals surface area contributed by atoms with Crippen LogP contribution in [0.4, 0.5) is 0 Å². The first-order valence-electron chi connectivity index (χ1n) is 13.6. The van der Waals surface area contributed by atoms with E-state index in [0.717, 1.165) is 54.3 Å². The van der Waals surface area contributed by atoms with Crippen molar-refractivity contribution in [3.63, 3.8) is 0 Å². The number of rotatable bonds is 6. The Kier molecular flexibility index (Phi) is 6.53. The normalized spacial score (nSPS) is 45.3. The zero-order chi connectivity index (χ0) is 21.7. The minimum Gasteiger partial charge on any atom is -0.393 e. The van der Waals surface area contributed by atoms with Crippen molar-refractivity contribution in [1.29, 1.82) is 0 Å². The van der Waals surface area contributed by atoms with Gasteiger partial charge < -0.3 is 5.11 Å². The number of hydrogen-bond acceptors (Lipinski definition) is 1. The predicted molar refractivity (Wildman–Crippen MR) is 128 cm³/mol. The zero-order valence-electron chi connectivity index (χ0n) is 20.9. The first-order valence-corrected chi connectivity index (χ1v) is 13.6. The fraction of sp³-hybridized carbons (Fsp3) is 0.931. The van der Waals surface area contributed by atoms with Crippen molar-refractivity contribution in [2.45, 2.75) is 118 Å². The smallest absolute Gasteiger partial charge is 0.0543 e. The summed E-state index contributed by atoms with van der Waals surface area (Å²) in [7, 11) is 0. The summed E-state index contributed by atoms with van der Waals surface area (Å²) in [6.45, 7) is 15.1. The summed E-state index contributed by atoms with van der Waals surface area (Å²) in [6.07, 6.45) is 17.2. The first-order chi connectivity index (χ1) is 14.2. The molecule has 0 heterocycles. The van der Waals surface area contributed by atoms with Gasteiger partial charge in [0.2, 0.25) is 0 Å². The lowest BCUT2D eigenvalue weighted by Crippen LogP contribution is -2.48. The molecule has 30 heavy (non-hydrogen) atoms. The van der Waals surface area contributed by atoms with E-state index in [-0.39, 0.29) is 6.10 Å². The molecular weight excluding hydrogens is 364 g/mol. The van der Waals surface area contributed by atoms with Gasteiger partial charge in [0, 0.05) is 0 Å². The van der Waals surface area contributed by atoms with Crippen molar-refractivity contribution in [3.8, 4) is 0 Å². The molecular formula is C29H50O. The van der Waals surface area contributed by atoms with Crippen LogP contribution in [0.15, 0.2) is 11.6 Å². The minimum atomic E-state index is -0.0384. The summed E-state index contributed by atoms with van der Waals surface area (Å²) >= 11 is 0. The second-order valence-corrected chi connectivity index (χ2v) is 12.9. The largest absolute Gasteiger partial charge is 0.393 e. The van der Waals surface area contributed by atoms with Crippen LogP contribution in [0.5, 0.6) is 0 Å². The molecule has 1 nitrogen and oxygen atoms in total. The van der Waals surface area contributed by atoms with Crippen molar-refractivity contribution in [2.24, 2.45) is 52.3 Å². The Bertz CT molecular complexity index is 634. The Hall–Kier alpha value is -0.300. The van der Waals surface area contributed by atoms with Crippen LogP contribution in [0.25, 0.3) is 0 Å². The van der Waals surface area contributed by atoms with Gasteiger partial charge in [0.15, 0.2) is 0 Å². The van der Waals surface area contributed by atoms with Crippen molar-refractivity contribution >= 4 is 0 Å². The van der Waals surface area contributed by atoms with Crippen LogP contribution in [-0.2, 0) is 0 Å². The molecule has 0 bridgehead atoms. The van der Waals surface area contributed by atoms with E-state index in [1.165, 1.54) is 57.8 Å². The van der Waals surface area contributed by atoms with Crippen molar-refractivity contribution in [2.75, 3.05) is 0 Å². The molecule has 1 heteroatoms. The standard InChI is InChI=1S/C29H50O/c1-7-21(19(2)3)9-8-20(4)25-12-13-26-24-11-10-22-18-23(30)14-16-28(22,5)27(24)15-17-29(25,26)6/h15,19-26,30H,7-14,16-18H2,1-6H3/t20-,21-,22?,23?,24+,25-,26+,28+,29-/m1/s1. The summed E-state index contributed by atoms with van der Waals surface area (Å²) in [6, 6.07) is 0. The van der Waals surface area contributed by atoms with E-state index in [1.54, 1.807) is 0 Å². The Morgan fingerprint density at radius 1 is 1.03 bits per heavy atom. The second-order valence-electron chi connectivity index (χ2n) is 12.9. The maximum Gasteiger partial charge on any atom is 0.0543 e. The predicted octanol–water partition coefficient (Wildman–Crippen LogP) is 8.02. The van der Waals surface area contributed by atoms with Crippen molar-refractivity contribution < 1.29 is 5.11 Å². The highest BCUT2D eigenvalue weighted by Gasteiger charge is 2.57. The van der Waals surface area contributed by atoms with Gasteiger partial charge in [0.25, 0.3) is 0 Å². The maximum atomic E-state index is 10.3. The van der Waals surface area contributed by atoms with Gasteiger partial charge in [-0.25, -0.2) is 0 Å². The molecule has 0 aromatic carbocycles. The van der Waals surface area contributed by atoms with E-state index < -0.39 is 0 Å². The van der Waals surface area contributed by atoms with Gasteiger partial charge in [-0.2, -0.15) is 0 Å². The first kappa shape index (κ1) is 22.9. The molecule has 4 aliphatic carbocycles. The van der Waals surface area contributed by atoms with E-state index in [0.29, 0.717) is 10.8 Å². The van der Waals surface area contributed by atoms with Gasteiger partial charge in [0.05, 0.1) is 6.10 Å². The van der Waals surface area contributed by atoms with Gasteiger partial charge in [0.1, 0.15) is 0 Å². The lowest BCUT2D eigenvalue weighted by atomic mass is 9.48. The Balaban J connectivity index is 1.49. The van der Waals surface area contributed by atoms with Crippen molar-refractivity contribution in [3.05, 3.63) is 11.6 Å². The van der Waals surface area contributed by atoms with Crippen LogP contribution < -0.4 is 0 Å². The molecule has 4 aliphatic rings. The van der Waals surface area contributed by atoms with Crippen LogP contribution in [-0.4, -0.2) is 11.2 Å². The average molecular weight is 415 g/mol. The van der Waals surface area contributed by atoms with Gasteiger partial charge in [-0.15, -0.1) is 0 Å². The molecule has 9 atom stereocenters. The lowest BCUT2D eigenvalue weighted by Gasteiger charge is -2.57. The van der Waals surface area contributed by atoms with E-state index >= 15 is 0 Å². The molecule has 0 aromatic heterocycles. The second kappa shape index (κ2) is 8.57.